The molecular weight excluding hydrogens is 390 g/mol. The topological polar surface area (TPSA) is 20.3 Å². The van der Waals surface area contributed by atoms with Crippen molar-refractivity contribution in [3.05, 3.63) is 69.7 Å². The van der Waals surface area contributed by atoms with E-state index < -0.39 is 0 Å². The molecule has 0 spiro atoms. The predicted octanol–water partition coefficient (Wildman–Crippen LogP) is 5.20. The Balaban J connectivity index is 1.65. The van der Waals surface area contributed by atoms with E-state index in [2.05, 4.69) is 28.1 Å². The SMILES string of the molecule is CN(Cc1ccc(Br)cc1)C(=O)c1ccc(C2SCCS2)cc1. The third-order valence-corrected chi connectivity index (χ3v) is 7.36. The largest absolute Gasteiger partial charge is 0.337 e. The normalized spacial score (nSPS) is 14.9. The molecule has 2 nitrogen and oxygen atoms in total. The van der Waals surface area contributed by atoms with Crippen LogP contribution >= 0.6 is 39.5 Å². The molecule has 5 heteroatoms. The van der Waals surface area contributed by atoms with Gasteiger partial charge in [-0.1, -0.05) is 40.2 Å². The lowest BCUT2D eigenvalue weighted by Crippen LogP contribution is -2.26. The summed E-state index contributed by atoms with van der Waals surface area (Å²) in [7, 11) is 1.85. The van der Waals surface area contributed by atoms with Crippen molar-refractivity contribution in [1.82, 2.24) is 4.90 Å². The molecule has 0 atom stereocenters. The van der Waals surface area contributed by atoms with Crippen molar-refractivity contribution < 1.29 is 4.79 Å². The first-order valence-electron chi connectivity index (χ1n) is 7.46. The maximum atomic E-state index is 12.6. The van der Waals surface area contributed by atoms with Crippen molar-refractivity contribution in [2.75, 3.05) is 18.6 Å². The summed E-state index contributed by atoms with van der Waals surface area (Å²) in [5.41, 5.74) is 3.19. The zero-order chi connectivity index (χ0) is 16.2. The Morgan fingerprint density at radius 1 is 1.09 bits per heavy atom. The number of benzene rings is 2. The van der Waals surface area contributed by atoms with E-state index in [4.69, 9.17) is 0 Å². The third-order valence-electron chi connectivity index (χ3n) is 3.73. The van der Waals surface area contributed by atoms with Crippen molar-refractivity contribution in [3.63, 3.8) is 0 Å². The Bertz CT molecular complexity index is 666. The van der Waals surface area contributed by atoms with Crippen LogP contribution < -0.4 is 0 Å². The van der Waals surface area contributed by atoms with Gasteiger partial charge in [-0.25, -0.2) is 0 Å². The minimum Gasteiger partial charge on any atom is -0.337 e. The fraction of sp³-hybridized carbons (Fsp3) is 0.278. The summed E-state index contributed by atoms with van der Waals surface area (Å²) in [5, 5.41) is 0. The minimum atomic E-state index is 0.0613. The molecule has 1 heterocycles. The number of amides is 1. The Labute approximate surface area is 154 Å². The number of nitrogens with zero attached hydrogens (tertiary/aromatic N) is 1. The molecule has 3 rings (SSSR count). The average Bonchev–Trinajstić information content (AvgIpc) is 3.11. The maximum absolute atomic E-state index is 12.6. The van der Waals surface area contributed by atoms with Gasteiger partial charge in [0.1, 0.15) is 0 Å². The van der Waals surface area contributed by atoms with Gasteiger partial charge < -0.3 is 4.90 Å². The van der Waals surface area contributed by atoms with Crippen LogP contribution in [0.4, 0.5) is 0 Å². The Morgan fingerprint density at radius 3 is 2.30 bits per heavy atom. The van der Waals surface area contributed by atoms with Crippen molar-refractivity contribution >= 4 is 45.4 Å². The second-order valence-corrected chi connectivity index (χ2v) is 9.12. The molecule has 23 heavy (non-hydrogen) atoms. The predicted molar refractivity (Wildman–Crippen MR) is 104 cm³/mol. The van der Waals surface area contributed by atoms with Crippen LogP contribution in [0.1, 0.15) is 26.1 Å². The monoisotopic (exact) mass is 407 g/mol. The van der Waals surface area contributed by atoms with E-state index in [1.54, 1.807) is 4.90 Å². The highest BCUT2D eigenvalue weighted by atomic mass is 79.9. The molecule has 0 saturated carbocycles. The summed E-state index contributed by atoms with van der Waals surface area (Å²) in [6, 6.07) is 16.2. The van der Waals surface area contributed by atoms with Gasteiger partial charge in [0.15, 0.2) is 0 Å². The fourth-order valence-corrected chi connectivity index (χ4v) is 5.61. The van der Waals surface area contributed by atoms with Crippen molar-refractivity contribution in [2.24, 2.45) is 0 Å². The summed E-state index contributed by atoms with van der Waals surface area (Å²) in [6.07, 6.45) is 0. The number of thioether (sulfide) groups is 2. The summed E-state index contributed by atoms with van der Waals surface area (Å²) in [6.45, 7) is 0.613. The smallest absolute Gasteiger partial charge is 0.253 e. The van der Waals surface area contributed by atoms with Gasteiger partial charge in [0.2, 0.25) is 0 Å². The second kappa shape index (κ2) is 7.77. The zero-order valence-electron chi connectivity index (χ0n) is 12.9. The van der Waals surface area contributed by atoms with E-state index in [9.17, 15) is 4.79 Å². The standard InChI is InChI=1S/C18H18BrNOS2/c1-20(12-13-2-8-16(19)9-3-13)17(21)14-4-6-15(7-5-14)18-22-10-11-23-18/h2-9,18H,10-12H2,1H3. The zero-order valence-corrected chi connectivity index (χ0v) is 16.1. The number of carbonyl (C=O) groups is 1. The lowest BCUT2D eigenvalue weighted by Gasteiger charge is -2.18. The lowest BCUT2D eigenvalue weighted by atomic mass is 10.1. The molecule has 0 N–H and O–H groups in total. The summed E-state index contributed by atoms with van der Waals surface area (Å²) in [5.74, 6) is 2.49. The lowest BCUT2D eigenvalue weighted by molar-refractivity contribution is 0.0785. The van der Waals surface area contributed by atoms with E-state index in [1.165, 1.54) is 17.1 Å². The number of hydrogen-bond acceptors (Lipinski definition) is 3. The first kappa shape index (κ1) is 16.9. The molecule has 1 aliphatic rings. The highest BCUT2D eigenvalue weighted by Crippen LogP contribution is 2.45. The van der Waals surface area contributed by atoms with Gasteiger partial charge in [0, 0.05) is 35.1 Å². The molecule has 0 aromatic heterocycles. The van der Waals surface area contributed by atoms with E-state index in [0.717, 1.165) is 15.6 Å². The number of hydrogen-bond donors (Lipinski definition) is 0. The first-order valence-corrected chi connectivity index (χ1v) is 10.4. The fourth-order valence-electron chi connectivity index (χ4n) is 2.49. The van der Waals surface area contributed by atoms with Crippen LogP contribution in [0.25, 0.3) is 0 Å². The van der Waals surface area contributed by atoms with E-state index in [-0.39, 0.29) is 5.91 Å². The van der Waals surface area contributed by atoms with Crippen LogP contribution in [0.5, 0.6) is 0 Å². The number of carbonyl (C=O) groups excluding carboxylic acids is 1. The van der Waals surface area contributed by atoms with Crippen LogP contribution in [0, 0.1) is 0 Å². The molecular formula is C18H18BrNOS2. The molecule has 1 amide bonds. The van der Waals surface area contributed by atoms with Gasteiger partial charge in [-0.2, -0.15) is 0 Å². The van der Waals surface area contributed by atoms with Crippen LogP contribution in [-0.2, 0) is 6.54 Å². The Kier molecular flexibility index (Phi) is 5.72. The van der Waals surface area contributed by atoms with Gasteiger partial charge in [0.05, 0.1) is 4.58 Å². The molecule has 0 radical (unpaired) electrons. The maximum Gasteiger partial charge on any atom is 0.253 e. The Hall–Kier alpha value is -0.910. The molecule has 1 aliphatic heterocycles. The van der Waals surface area contributed by atoms with Crippen LogP contribution in [0.2, 0.25) is 0 Å². The molecule has 0 unspecified atom stereocenters. The van der Waals surface area contributed by atoms with Gasteiger partial charge >= 0.3 is 0 Å². The van der Waals surface area contributed by atoms with Crippen molar-refractivity contribution in [1.29, 1.82) is 0 Å². The quantitative estimate of drug-likeness (QED) is 0.694. The highest BCUT2D eigenvalue weighted by molar-refractivity contribution is 9.10. The van der Waals surface area contributed by atoms with Crippen molar-refractivity contribution in [2.45, 2.75) is 11.1 Å². The Morgan fingerprint density at radius 2 is 1.70 bits per heavy atom. The first-order chi connectivity index (χ1) is 11.1. The van der Waals surface area contributed by atoms with Gasteiger partial charge in [-0.05, 0) is 35.4 Å². The van der Waals surface area contributed by atoms with E-state index in [1.807, 2.05) is 67.0 Å². The summed E-state index contributed by atoms with van der Waals surface area (Å²) < 4.78 is 1.58. The van der Waals surface area contributed by atoms with Gasteiger partial charge in [-0.15, -0.1) is 23.5 Å². The number of halogens is 1. The van der Waals surface area contributed by atoms with Crippen LogP contribution in [0.3, 0.4) is 0 Å². The highest BCUT2D eigenvalue weighted by Gasteiger charge is 2.19. The molecule has 1 fully saturated rings. The molecule has 0 bridgehead atoms. The van der Waals surface area contributed by atoms with E-state index >= 15 is 0 Å². The minimum absolute atomic E-state index is 0.0613. The van der Waals surface area contributed by atoms with Gasteiger partial charge in [-0.3, -0.25) is 4.79 Å². The molecule has 1 saturated heterocycles. The van der Waals surface area contributed by atoms with Crippen LogP contribution in [0.15, 0.2) is 53.0 Å². The van der Waals surface area contributed by atoms with E-state index in [0.29, 0.717) is 11.1 Å². The molecule has 2 aromatic rings. The third kappa shape index (κ3) is 4.34. The second-order valence-electron chi connectivity index (χ2n) is 5.48. The number of rotatable bonds is 4. The molecule has 0 aliphatic carbocycles. The van der Waals surface area contributed by atoms with Crippen LogP contribution in [-0.4, -0.2) is 29.4 Å². The van der Waals surface area contributed by atoms with Crippen molar-refractivity contribution in [3.8, 4) is 0 Å². The molecule has 120 valence electrons. The average molecular weight is 408 g/mol. The summed E-state index contributed by atoms with van der Waals surface area (Å²) >= 11 is 7.39. The molecule has 2 aromatic carbocycles. The van der Waals surface area contributed by atoms with Gasteiger partial charge in [0.25, 0.3) is 5.91 Å². The summed E-state index contributed by atoms with van der Waals surface area (Å²) in [4.78, 5) is 14.3.